The summed E-state index contributed by atoms with van der Waals surface area (Å²) in [4.78, 5) is 13.4. The van der Waals surface area contributed by atoms with E-state index in [1.807, 2.05) is 6.07 Å². The largest absolute Gasteiger partial charge is 0.325 e. The molecule has 0 bridgehead atoms. The van der Waals surface area contributed by atoms with Gasteiger partial charge in [-0.15, -0.1) is 11.3 Å². The number of thiophene rings is 1. The highest BCUT2D eigenvalue weighted by molar-refractivity contribution is 7.09. The van der Waals surface area contributed by atoms with Crippen LogP contribution >= 0.6 is 11.3 Å². The van der Waals surface area contributed by atoms with Crippen LogP contribution in [0, 0.1) is 13.8 Å². The molecule has 2 aromatic rings. The number of hydrogen-bond acceptors (Lipinski definition) is 2. The van der Waals surface area contributed by atoms with Gasteiger partial charge in [0.05, 0.1) is 5.92 Å². The van der Waals surface area contributed by atoms with Crippen LogP contribution in [0.4, 0.5) is 5.69 Å². The van der Waals surface area contributed by atoms with Crippen LogP contribution in [0.5, 0.6) is 0 Å². The van der Waals surface area contributed by atoms with Crippen molar-refractivity contribution in [1.29, 1.82) is 0 Å². The smallest absolute Gasteiger partial charge is 0.232 e. The van der Waals surface area contributed by atoms with E-state index in [2.05, 4.69) is 42.7 Å². The third-order valence-electron chi connectivity index (χ3n) is 3.44. The SMILES string of the molecule is Cc1cc(C)c2c(c1)[C@@H](Cc1cccs1)C(=O)N2. The molecule has 0 spiro atoms. The maximum absolute atomic E-state index is 12.1. The number of carbonyl (C=O) groups excluding carboxylic acids is 1. The van der Waals surface area contributed by atoms with Gasteiger partial charge >= 0.3 is 0 Å². The summed E-state index contributed by atoms with van der Waals surface area (Å²) in [5.41, 5.74) is 4.56. The van der Waals surface area contributed by atoms with Crippen molar-refractivity contribution in [2.75, 3.05) is 5.32 Å². The summed E-state index contributed by atoms with van der Waals surface area (Å²) in [5, 5.41) is 5.08. The Kier molecular flexibility index (Phi) is 2.71. The van der Waals surface area contributed by atoms with E-state index in [0.29, 0.717) is 0 Å². The summed E-state index contributed by atoms with van der Waals surface area (Å²) in [6.07, 6.45) is 0.805. The van der Waals surface area contributed by atoms with Crippen molar-refractivity contribution in [2.24, 2.45) is 0 Å². The average molecular weight is 257 g/mol. The van der Waals surface area contributed by atoms with Gasteiger partial charge in [0.15, 0.2) is 0 Å². The lowest BCUT2D eigenvalue weighted by molar-refractivity contribution is -0.117. The van der Waals surface area contributed by atoms with Crippen molar-refractivity contribution in [3.05, 3.63) is 51.2 Å². The van der Waals surface area contributed by atoms with E-state index in [0.717, 1.165) is 23.2 Å². The number of hydrogen-bond donors (Lipinski definition) is 1. The Labute approximate surface area is 111 Å². The molecule has 1 aliphatic heterocycles. The lowest BCUT2D eigenvalue weighted by Crippen LogP contribution is -2.13. The molecule has 92 valence electrons. The highest BCUT2D eigenvalue weighted by Gasteiger charge is 2.31. The molecule has 3 rings (SSSR count). The zero-order valence-electron chi connectivity index (χ0n) is 10.5. The summed E-state index contributed by atoms with van der Waals surface area (Å²) >= 11 is 1.71. The normalized spacial score (nSPS) is 17.7. The summed E-state index contributed by atoms with van der Waals surface area (Å²) in [6, 6.07) is 8.39. The molecule has 1 aliphatic rings. The minimum Gasteiger partial charge on any atom is -0.325 e. The number of anilines is 1. The van der Waals surface area contributed by atoms with Gasteiger partial charge in [0.25, 0.3) is 0 Å². The number of aryl methyl sites for hydroxylation is 2. The van der Waals surface area contributed by atoms with Crippen LogP contribution in [0.3, 0.4) is 0 Å². The zero-order valence-corrected chi connectivity index (χ0v) is 11.3. The van der Waals surface area contributed by atoms with Crippen LogP contribution in [-0.2, 0) is 11.2 Å². The van der Waals surface area contributed by atoms with Gasteiger partial charge in [0.1, 0.15) is 0 Å². The summed E-state index contributed by atoms with van der Waals surface area (Å²) < 4.78 is 0. The highest BCUT2D eigenvalue weighted by Crippen LogP contribution is 2.38. The quantitative estimate of drug-likeness (QED) is 0.874. The Bertz CT molecular complexity index is 601. The van der Waals surface area contributed by atoms with Gasteiger partial charge in [-0.2, -0.15) is 0 Å². The molecule has 1 aromatic carbocycles. The molecule has 0 fully saturated rings. The molecule has 0 radical (unpaired) electrons. The van der Waals surface area contributed by atoms with Crippen molar-refractivity contribution in [2.45, 2.75) is 26.2 Å². The van der Waals surface area contributed by atoms with E-state index in [1.54, 1.807) is 11.3 Å². The van der Waals surface area contributed by atoms with Crippen molar-refractivity contribution in [1.82, 2.24) is 0 Å². The Balaban J connectivity index is 2.01. The molecular weight excluding hydrogens is 242 g/mol. The van der Waals surface area contributed by atoms with E-state index >= 15 is 0 Å². The maximum Gasteiger partial charge on any atom is 0.232 e. The van der Waals surface area contributed by atoms with Crippen molar-refractivity contribution in [3.8, 4) is 0 Å². The van der Waals surface area contributed by atoms with Crippen molar-refractivity contribution >= 4 is 22.9 Å². The summed E-state index contributed by atoms with van der Waals surface area (Å²) in [6.45, 7) is 4.14. The summed E-state index contributed by atoms with van der Waals surface area (Å²) in [7, 11) is 0. The van der Waals surface area contributed by atoms with E-state index in [9.17, 15) is 4.79 Å². The van der Waals surface area contributed by atoms with E-state index < -0.39 is 0 Å². The molecule has 0 unspecified atom stereocenters. The van der Waals surface area contributed by atoms with Crippen molar-refractivity contribution in [3.63, 3.8) is 0 Å². The minimum atomic E-state index is -0.0303. The van der Waals surface area contributed by atoms with E-state index in [-0.39, 0.29) is 11.8 Å². The number of nitrogens with one attached hydrogen (secondary N) is 1. The molecule has 0 saturated carbocycles. The molecule has 0 aliphatic carbocycles. The molecule has 3 heteroatoms. The maximum atomic E-state index is 12.1. The first-order valence-electron chi connectivity index (χ1n) is 6.09. The van der Waals surface area contributed by atoms with Crippen LogP contribution in [0.2, 0.25) is 0 Å². The van der Waals surface area contributed by atoms with Crippen LogP contribution in [0.1, 0.15) is 27.5 Å². The number of fused-ring (bicyclic) bond motifs is 1. The molecule has 2 heterocycles. The number of benzene rings is 1. The Morgan fingerprint density at radius 1 is 1.33 bits per heavy atom. The topological polar surface area (TPSA) is 29.1 Å². The fraction of sp³-hybridized carbons (Fsp3) is 0.267. The van der Waals surface area contributed by atoms with Crippen molar-refractivity contribution < 1.29 is 4.79 Å². The van der Waals surface area contributed by atoms with Gasteiger partial charge in [0.2, 0.25) is 5.91 Å². The standard InChI is InChI=1S/C15H15NOS/c1-9-6-10(2)14-12(7-9)13(15(17)16-14)8-11-4-3-5-18-11/h3-7,13H,8H2,1-2H3,(H,16,17)/t13-/m1/s1. The monoisotopic (exact) mass is 257 g/mol. The van der Waals surface area contributed by atoms with Crippen LogP contribution in [-0.4, -0.2) is 5.91 Å². The number of rotatable bonds is 2. The van der Waals surface area contributed by atoms with Gasteiger partial charge in [-0.05, 0) is 42.8 Å². The van der Waals surface area contributed by atoms with Crippen LogP contribution in [0.25, 0.3) is 0 Å². The number of carbonyl (C=O) groups is 1. The predicted octanol–water partition coefficient (Wildman–Crippen LogP) is 3.64. The summed E-state index contributed by atoms with van der Waals surface area (Å²) in [5.74, 6) is 0.101. The van der Waals surface area contributed by atoms with E-state index in [1.165, 1.54) is 10.4 Å². The number of amides is 1. The molecule has 1 atom stereocenters. The molecule has 1 N–H and O–H groups in total. The second kappa shape index (κ2) is 4.25. The van der Waals surface area contributed by atoms with E-state index in [4.69, 9.17) is 0 Å². The zero-order chi connectivity index (χ0) is 12.7. The first kappa shape index (κ1) is 11.5. The Hall–Kier alpha value is -1.61. The highest BCUT2D eigenvalue weighted by atomic mass is 32.1. The fourth-order valence-corrected chi connectivity index (χ4v) is 3.38. The lowest BCUT2D eigenvalue weighted by atomic mass is 9.93. The van der Waals surface area contributed by atoms with Gasteiger partial charge < -0.3 is 5.32 Å². The average Bonchev–Trinajstić information content (AvgIpc) is 2.91. The first-order valence-corrected chi connectivity index (χ1v) is 6.97. The predicted molar refractivity (Wildman–Crippen MR) is 75.3 cm³/mol. The first-order chi connectivity index (χ1) is 8.65. The molecular formula is C15H15NOS. The third-order valence-corrected chi connectivity index (χ3v) is 4.33. The third kappa shape index (κ3) is 1.85. The Morgan fingerprint density at radius 2 is 2.17 bits per heavy atom. The van der Waals surface area contributed by atoms with Crippen LogP contribution in [0.15, 0.2) is 29.6 Å². The van der Waals surface area contributed by atoms with Gasteiger partial charge in [0, 0.05) is 10.6 Å². The van der Waals surface area contributed by atoms with Gasteiger partial charge in [-0.1, -0.05) is 23.8 Å². The minimum absolute atomic E-state index is 0.0303. The van der Waals surface area contributed by atoms with Gasteiger partial charge in [-0.3, -0.25) is 4.79 Å². The molecule has 1 amide bonds. The van der Waals surface area contributed by atoms with Crippen LogP contribution < -0.4 is 5.32 Å². The second-order valence-electron chi connectivity index (χ2n) is 4.87. The molecule has 2 nitrogen and oxygen atoms in total. The Morgan fingerprint density at radius 3 is 2.89 bits per heavy atom. The fourth-order valence-electron chi connectivity index (χ4n) is 2.63. The lowest BCUT2D eigenvalue weighted by Gasteiger charge is -2.09. The molecule has 18 heavy (non-hydrogen) atoms. The molecule has 1 aromatic heterocycles. The second-order valence-corrected chi connectivity index (χ2v) is 5.90. The van der Waals surface area contributed by atoms with Gasteiger partial charge in [-0.25, -0.2) is 0 Å². The molecule has 0 saturated heterocycles.